The Kier molecular flexibility index (Phi) is 5.87. The van der Waals surface area contributed by atoms with Gasteiger partial charge in [-0.1, -0.05) is 19.1 Å². The lowest BCUT2D eigenvalue weighted by molar-refractivity contribution is -0.137. The minimum Gasteiger partial charge on any atom is -0.370 e. The normalized spacial score (nSPS) is 21.5. The van der Waals surface area contributed by atoms with Gasteiger partial charge in [-0.3, -0.25) is 24.3 Å². The molecule has 1 atom stereocenters. The summed E-state index contributed by atoms with van der Waals surface area (Å²) in [7, 11) is 0. The maximum absolute atomic E-state index is 13.4. The number of hydrogen-bond acceptors (Lipinski definition) is 5. The number of benzene rings is 1. The lowest BCUT2D eigenvalue weighted by atomic mass is 9.92. The van der Waals surface area contributed by atoms with Crippen LogP contribution in [0.4, 0.5) is 5.69 Å². The third kappa shape index (κ3) is 4.12. The predicted octanol–water partition coefficient (Wildman–Crippen LogP) is 3.35. The van der Waals surface area contributed by atoms with Crippen LogP contribution in [-0.2, 0) is 11.3 Å². The van der Waals surface area contributed by atoms with E-state index in [0.29, 0.717) is 23.6 Å². The molecule has 1 aromatic carbocycles. The molecule has 0 bridgehead atoms. The number of piperidine rings is 2. The van der Waals surface area contributed by atoms with Gasteiger partial charge in [0.25, 0.3) is 11.8 Å². The topological polar surface area (TPSA) is 73.8 Å². The zero-order chi connectivity index (χ0) is 22.9. The average Bonchev–Trinajstić information content (AvgIpc) is 3.10. The molecule has 0 spiro atoms. The van der Waals surface area contributed by atoms with Crippen molar-refractivity contribution in [3.63, 3.8) is 0 Å². The van der Waals surface area contributed by atoms with Crippen LogP contribution in [0, 0.1) is 11.8 Å². The largest absolute Gasteiger partial charge is 0.370 e. The number of likely N-dealkylation sites (tertiary alicyclic amines) is 1. The van der Waals surface area contributed by atoms with Gasteiger partial charge in [0, 0.05) is 38.6 Å². The van der Waals surface area contributed by atoms with Gasteiger partial charge in [0.05, 0.1) is 29.3 Å². The molecule has 5 rings (SSSR count). The molecule has 2 aromatic rings. The SMILES string of the molecule is CC1CCN(C(=O)[C@@H]2CCCN(c3cccc4c3C(=O)N(Cc3cccnc3)C4=O)C2)CC1. The third-order valence-corrected chi connectivity index (χ3v) is 7.25. The Bertz CT molecular complexity index is 1060. The highest BCUT2D eigenvalue weighted by atomic mass is 16.2. The van der Waals surface area contributed by atoms with Crippen LogP contribution in [0.1, 0.15) is 58.9 Å². The molecule has 33 heavy (non-hydrogen) atoms. The van der Waals surface area contributed by atoms with Crippen LogP contribution in [0.3, 0.4) is 0 Å². The molecule has 3 aliphatic rings. The van der Waals surface area contributed by atoms with E-state index in [1.807, 2.05) is 23.1 Å². The monoisotopic (exact) mass is 446 g/mol. The maximum Gasteiger partial charge on any atom is 0.263 e. The second kappa shape index (κ2) is 8.96. The lowest BCUT2D eigenvalue weighted by Gasteiger charge is -2.38. The van der Waals surface area contributed by atoms with Crippen molar-refractivity contribution in [3.05, 3.63) is 59.4 Å². The summed E-state index contributed by atoms with van der Waals surface area (Å²) >= 11 is 0. The smallest absolute Gasteiger partial charge is 0.263 e. The molecule has 0 radical (unpaired) electrons. The number of amides is 3. The number of aromatic nitrogens is 1. The van der Waals surface area contributed by atoms with E-state index in [-0.39, 0.29) is 30.2 Å². The summed E-state index contributed by atoms with van der Waals surface area (Å²) < 4.78 is 0. The first-order chi connectivity index (χ1) is 16.0. The van der Waals surface area contributed by atoms with Gasteiger partial charge in [0.2, 0.25) is 5.91 Å². The number of nitrogens with zero attached hydrogens (tertiary/aromatic N) is 4. The third-order valence-electron chi connectivity index (χ3n) is 7.25. The molecular formula is C26H30N4O3. The van der Waals surface area contributed by atoms with Crippen molar-refractivity contribution in [1.82, 2.24) is 14.8 Å². The molecule has 0 N–H and O–H groups in total. The number of rotatable bonds is 4. The first-order valence-electron chi connectivity index (χ1n) is 11.9. The maximum atomic E-state index is 13.4. The first kappa shape index (κ1) is 21.6. The fraction of sp³-hybridized carbons (Fsp3) is 0.462. The molecule has 0 saturated carbocycles. The molecule has 1 aromatic heterocycles. The van der Waals surface area contributed by atoms with Crippen LogP contribution in [-0.4, -0.2) is 58.7 Å². The zero-order valence-corrected chi connectivity index (χ0v) is 19.1. The molecule has 0 aliphatic carbocycles. The number of fused-ring (bicyclic) bond motifs is 1. The van der Waals surface area contributed by atoms with Crippen LogP contribution in [0.15, 0.2) is 42.7 Å². The fourth-order valence-corrected chi connectivity index (χ4v) is 5.28. The average molecular weight is 447 g/mol. The summed E-state index contributed by atoms with van der Waals surface area (Å²) in [5.41, 5.74) is 2.49. The van der Waals surface area contributed by atoms with Crippen LogP contribution < -0.4 is 4.90 Å². The number of anilines is 1. The fourth-order valence-electron chi connectivity index (χ4n) is 5.28. The van der Waals surface area contributed by atoms with Crippen molar-refractivity contribution in [2.45, 2.75) is 39.2 Å². The van der Waals surface area contributed by atoms with Crippen molar-refractivity contribution in [2.75, 3.05) is 31.1 Å². The van der Waals surface area contributed by atoms with Gasteiger partial charge in [-0.05, 0) is 55.4 Å². The minimum absolute atomic E-state index is 0.0679. The summed E-state index contributed by atoms with van der Waals surface area (Å²) in [4.78, 5) is 49.2. The molecule has 4 heterocycles. The second-order valence-electron chi connectivity index (χ2n) is 9.55. The summed E-state index contributed by atoms with van der Waals surface area (Å²) in [5, 5.41) is 0. The van der Waals surface area contributed by atoms with Gasteiger partial charge in [-0.25, -0.2) is 0 Å². The Morgan fingerprint density at radius 1 is 1.03 bits per heavy atom. The number of pyridine rings is 1. The van der Waals surface area contributed by atoms with E-state index in [4.69, 9.17) is 0 Å². The van der Waals surface area contributed by atoms with Crippen molar-refractivity contribution in [1.29, 1.82) is 0 Å². The van der Waals surface area contributed by atoms with E-state index < -0.39 is 0 Å². The van der Waals surface area contributed by atoms with Gasteiger partial charge < -0.3 is 9.80 Å². The van der Waals surface area contributed by atoms with Crippen LogP contribution >= 0.6 is 0 Å². The van der Waals surface area contributed by atoms with Gasteiger partial charge in [0.15, 0.2) is 0 Å². The summed E-state index contributed by atoms with van der Waals surface area (Å²) in [6, 6.07) is 9.13. The Labute approximate surface area is 194 Å². The minimum atomic E-state index is -0.271. The van der Waals surface area contributed by atoms with E-state index in [1.165, 1.54) is 4.90 Å². The van der Waals surface area contributed by atoms with Gasteiger partial charge in [0.1, 0.15) is 0 Å². The highest BCUT2D eigenvalue weighted by Gasteiger charge is 2.40. The van der Waals surface area contributed by atoms with Crippen LogP contribution in [0.25, 0.3) is 0 Å². The summed E-state index contributed by atoms with van der Waals surface area (Å²) in [6.45, 7) is 5.50. The Morgan fingerprint density at radius 3 is 2.61 bits per heavy atom. The standard InChI is InChI=1S/C26H30N4O3/c1-18-9-13-28(14-10-18)24(31)20-6-4-12-29(17-20)22-8-2-7-21-23(22)26(33)30(25(21)32)16-19-5-3-11-27-15-19/h2-3,5,7-8,11,15,18,20H,4,6,9-10,12-14,16-17H2,1H3/t20-/m1/s1. The number of carbonyl (C=O) groups is 3. The van der Waals surface area contributed by atoms with E-state index in [2.05, 4.69) is 16.8 Å². The van der Waals surface area contributed by atoms with E-state index in [9.17, 15) is 14.4 Å². The van der Waals surface area contributed by atoms with Gasteiger partial charge in [-0.15, -0.1) is 0 Å². The molecule has 3 aliphatic heterocycles. The van der Waals surface area contributed by atoms with Crippen LogP contribution in [0.5, 0.6) is 0 Å². The molecule has 2 fully saturated rings. The van der Waals surface area contributed by atoms with Crippen molar-refractivity contribution < 1.29 is 14.4 Å². The van der Waals surface area contributed by atoms with E-state index >= 15 is 0 Å². The molecule has 2 saturated heterocycles. The van der Waals surface area contributed by atoms with Crippen molar-refractivity contribution in [3.8, 4) is 0 Å². The molecule has 7 heteroatoms. The highest BCUT2D eigenvalue weighted by Crippen LogP contribution is 2.35. The van der Waals surface area contributed by atoms with Crippen molar-refractivity contribution >= 4 is 23.4 Å². The Balaban J connectivity index is 1.36. The van der Waals surface area contributed by atoms with Crippen LogP contribution in [0.2, 0.25) is 0 Å². The molecule has 172 valence electrons. The van der Waals surface area contributed by atoms with E-state index in [0.717, 1.165) is 56.6 Å². The zero-order valence-electron chi connectivity index (χ0n) is 19.1. The molecule has 0 unspecified atom stereocenters. The van der Waals surface area contributed by atoms with E-state index in [1.54, 1.807) is 24.5 Å². The predicted molar refractivity (Wildman–Crippen MR) is 125 cm³/mol. The molecule has 7 nitrogen and oxygen atoms in total. The van der Waals surface area contributed by atoms with Crippen molar-refractivity contribution in [2.24, 2.45) is 11.8 Å². The van der Waals surface area contributed by atoms with Gasteiger partial charge in [-0.2, -0.15) is 0 Å². The Hall–Kier alpha value is -3.22. The molecular weight excluding hydrogens is 416 g/mol. The molecule has 3 amide bonds. The second-order valence-corrected chi connectivity index (χ2v) is 9.55. The van der Waals surface area contributed by atoms with Gasteiger partial charge >= 0.3 is 0 Å². The highest BCUT2D eigenvalue weighted by molar-refractivity contribution is 6.23. The Morgan fingerprint density at radius 2 is 1.85 bits per heavy atom. The quantitative estimate of drug-likeness (QED) is 0.674. The summed E-state index contributed by atoms with van der Waals surface area (Å²) in [6.07, 6.45) is 7.24. The number of carbonyl (C=O) groups excluding carboxylic acids is 3. The first-order valence-corrected chi connectivity index (χ1v) is 11.9. The number of imide groups is 1. The summed E-state index contributed by atoms with van der Waals surface area (Å²) in [5.74, 6) is 0.309. The number of hydrogen-bond donors (Lipinski definition) is 0. The lowest BCUT2D eigenvalue weighted by Crippen LogP contribution is -2.47.